The Kier molecular flexibility index (Phi) is 4.28. The van der Waals surface area contributed by atoms with E-state index in [2.05, 4.69) is 34.7 Å². The van der Waals surface area contributed by atoms with Crippen LogP contribution in [0.25, 0.3) is 0 Å². The van der Waals surface area contributed by atoms with Crippen molar-refractivity contribution in [2.75, 3.05) is 11.5 Å². The predicted molar refractivity (Wildman–Crippen MR) is 56.9 cm³/mol. The van der Waals surface area contributed by atoms with Crippen molar-refractivity contribution in [2.45, 2.75) is 32.0 Å². The van der Waals surface area contributed by atoms with Gasteiger partial charge in [0.2, 0.25) is 0 Å². The van der Waals surface area contributed by atoms with Crippen molar-refractivity contribution < 1.29 is 9.57 Å². The maximum Gasteiger partial charge on any atom is 0.106 e. The van der Waals surface area contributed by atoms with Gasteiger partial charge in [0, 0.05) is 17.3 Å². The van der Waals surface area contributed by atoms with Crippen molar-refractivity contribution >= 4 is 28.3 Å². The third-order valence-electron chi connectivity index (χ3n) is 1.80. The van der Waals surface area contributed by atoms with Gasteiger partial charge in [0.05, 0.1) is 17.9 Å². The zero-order valence-electron chi connectivity index (χ0n) is 7.42. The second kappa shape index (κ2) is 5.01. The number of oxime groups is 1. The first-order valence-electron chi connectivity index (χ1n) is 4.06. The van der Waals surface area contributed by atoms with E-state index in [4.69, 9.17) is 9.57 Å². The first kappa shape index (κ1) is 10.2. The fourth-order valence-electron chi connectivity index (χ4n) is 1.40. The standard InChI is InChI=1S/C8H14INO2/c1-6-3-7(10-11-2)4-8(5-9)12-6/h6,8H,3-5H2,1-2H3/b10-7+/t6-,8-/m1/s1. The molecule has 0 bridgehead atoms. The molecule has 0 unspecified atom stereocenters. The van der Waals surface area contributed by atoms with Gasteiger partial charge < -0.3 is 9.57 Å². The summed E-state index contributed by atoms with van der Waals surface area (Å²) < 4.78 is 6.69. The maximum atomic E-state index is 5.67. The number of hydrogen-bond acceptors (Lipinski definition) is 3. The van der Waals surface area contributed by atoms with Crippen molar-refractivity contribution in [1.82, 2.24) is 0 Å². The second-order valence-corrected chi connectivity index (χ2v) is 3.85. The molecule has 1 fully saturated rings. The highest BCUT2D eigenvalue weighted by Gasteiger charge is 2.23. The zero-order chi connectivity index (χ0) is 8.97. The Balaban J connectivity index is 2.51. The van der Waals surface area contributed by atoms with E-state index in [0.717, 1.165) is 23.0 Å². The van der Waals surface area contributed by atoms with Crippen LogP contribution in [-0.4, -0.2) is 29.5 Å². The summed E-state index contributed by atoms with van der Waals surface area (Å²) in [6.07, 6.45) is 2.43. The minimum atomic E-state index is 0.285. The van der Waals surface area contributed by atoms with Gasteiger partial charge in [-0.2, -0.15) is 0 Å². The fourth-order valence-corrected chi connectivity index (χ4v) is 1.92. The summed E-state index contributed by atoms with van der Waals surface area (Å²) in [5.74, 6) is 0. The maximum absolute atomic E-state index is 5.67. The molecular weight excluding hydrogens is 269 g/mol. The van der Waals surface area contributed by atoms with E-state index in [0.29, 0.717) is 6.10 Å². The highest BCUT2D eigenvalue weighted by atomic mass is 127. The lowest BCUT2D eigenvalue weighted by atomic mass is 10.0. The van der Waals surface area contributed by atoms with Gasteiger partial charge >= 0.3 is 0 Å². The molecule has 0 radical (unpaired) electrons. The lowest BCUT2D eigenvalue weighted by molar-refractivity contribution is 0.00627. The summed E-state index contributed by atoms with van der Waals surface area (Å²) >= 11 is 2.33. The van der Waals surface area contributed by atoms with E-state index in [9.17, 15) is 0 Å². The van der Waals surface area contributed by atoms with Crippen LogP contribution in [0.2, 0.25) is 0 Å². The first-order chi connectivity index (χ1) is 5.76. The molecule has 0 aromatic heterocycles. The van der Waals surface area contributed by atoms with Gasteiger partial charge in [0.15, 0.2) is 0 Å². The van der Waals surface area contributed by atoms with Gasteiger partial charge in [-0.15, -0.1) is 0 Å². The molecule has 1 heterocycles. The molecule has 0 aliphatic carbocycles. The van der Waals surface area contributed by atoms with Gasteiger partial charge in [-0.25, -0.2) is 0 Å². The van der Waals surface area contributed by atoms with Gasteiger partial charge in [-0.1, -0.05) is 27.7 Å². The van der Waals surface area contributed by atoms with Crippen LogP contribution in [-0.2, 0) is 9.57 Å². The molecular formula is C8H14INO2. The Morgan fingerprint density at radius 2 is 2.42 bits per heavy atom. The molecule has 3 nitrogen and oxygen atoms in total. The molecule has 0 N–H and O–H groups in total. The summed E-state index contributed by atoms with van der Waals surface area (Å²) in [5.41, 5.74) is 1.12. The minimum absolute atomic E-state index is 0.285. The second-order valence-electron chi connectivity index (χ2n) is 2.97. The molecule has 0 aromatic rings. The molecule has 2 atom stereocenters. The molecule has 1 aliphatic rings. The molecule has 1 saturated heterocycles. The smallest absolute Gasteiger partial charge is 0.106 e. The average molecular weight is 283 g/mol. The van der Waals surface area contributed by atoms with Gasteiger partial charge in [0.25, 0.3) is 0 Å². The third kappa shape index (κ3) is 2.90. The van der Waals surface area contributed by atoms with Crippen molar-refractivity contribution in [1.29, 1.82) is 0 Å². The van der Waals surface area contributed by atoms with Crippen molar-refractivity contribution in [3.8, 4) is 0 Å². The average Bonchev–Trinajstić information content (AvgIpc) is 2.04. The number of alkyl halides is 1. The fraction of sp³-hybridized carbons (Fsp3) is 0.875. The molecule has 1 aliphatic heterocycles. The minimum Gasteiger partial charge on any atom is -0.399 e. The topological polar surface area (TPSA) is 30.8 Å². The molecule has 0 amide bonds. The van der Waals surface area contributed by atoms with Crippen molar-refractivity contribution in [3.63, 3.8) is 0 Å². The van der Waals surface area contributed by atoms with Crippen LogP contribution < -0.4 is 0 Å². The summed E-state index contributed by atoms with van der Waals surface area (Å²) in [7, 11) is 1.59. The van der Waals surface area contributed by atoms with Crippen LogP contribution in [0.5, 0.6) is 0 Å². The van der Waals surface area contributed by atoms with Gasteiger partial charge in [-0.3, -0.25) is 0 Å². The van der Waals surface area contributed by atoms with E-state index >= 15 is 0 Å². The van der Waals surface area contributed by atoms with Crippen molar-refractivity contribution in [2.24, 2.45) is 5.16 Å². The van der Waals surface area contributed by atoms with Crippen molar-refractivity contribution in [3.05, 3.63) is 0 Å². The number of hydrogen-bond donors (Lipinski definition) is 0. The monoisotopic (exact) mass is 283 g/mol. The van der Waals surface area contributed by atoms with Crippen LogP contribution in [0.1, 0.15) is 19.8 Å². The van der Waals surface area contributed by atoms with Gasteiger partial charge in [-0.05, 0) is 6.92 Å². The number of halogens is 1. The Morgan fingerprint density at radius 1 is 1.67 bits per heavy atom. The zero-order valence-corrected chi connectivity index (χ0v) is 9.58. The van der Waals surface area contributed by atoms with Crippen LogP contribution in [0.15, 0.2) is 5.16 Å². The highest BCUT2D eigenvalue weighted by molar-refractivity contribution is 14.1. The predicted octanol–water partition coefficient (Wildman–Crippen LogP) is 1.99. The third-order valence-corrected chi connectivity index (χ3v) is 2.79. The molecule has 1 rings (SSSR count). The normalized spacial score (nSPS) is 33.8. The summed E-state index contributed by atoms with van der Waals surface area (Å²) in [6, 6.07) is 0. The quantitative estimate of drug-likeness (QED) is 0.441. The number of nitrogens with zero attached hydrogens (tertiary/aromatic N) is 1. The van der Waals surface area contributed by atoms with E-state index in [1.54, 1.807) is 7.11 Å². The first-order valence-corrected chi connectivity index (χ1v) is 5.59. The molecule has 70 valence electrons. The Hall–Kier alpha value is 0.160. The van der Waals surface area contributed by atoms with Gasteiger partial charge in [0.1, 0.15) is 7.11 Å². The van der Waals surface area contributed by atoms with Crippen LogP contribution in [0.4, 0.5) is 0 Å². The summed E-state index contributed by atoms with van der Waals surface area (Å²) in [4.78, 5) is 4.75. The largest absolute Gasteiger partial charge is 0.399 e. The molecule has 4 heteroatoms. The highest BCUT2D eigenvalue weighted by Crippen LogP contribution is 2.18. The SMILES string of the molecule is CO/N=C1/C[C@H](CI)O[C@H](C)C1. The molecule has 12 heavy (non-hydrogen) atoms. The molecule has 0 aromatic carbocycles. The van der Waals surface area contributed by atoms with E-state index in [-0.39, 0.29) is 6.10 Å². The van der Waals surface area contributed by atoms with E-state index < -0.39 is 0 Å². The van der Waals surface area contributed by atoms with Crippen LogP contribution in [0, 0.1) is 0 Å². The Labute approximate surface area is 86.6 Å². The van der Waals surface area contributed by atoms with Crippen LogP contribution >= 0.6 is 22.6 Å². The lowest BCUT2D eigenvalue weighted by Crippen LogP contribution is -2.32. The van der Waals surface area contributed by atoms with E-state index in [1.807, 2.05) is 0 Å². The number of rotatable bonds is 2. The molecule has 0 spiro atoms. The van der Waals surface area contributed by atoms with E-state index in [1.165, 1.54) is 0 Å². The van der Waals surface area contributed by atoms with Crippen LogP contribution in [0.3, 0.4) is 0 Å². The Morgan fingerprint density at radius 3 is 3.00 bits per heavy atom. The summed E-state index contributed by atoms with van der Waals surface area (Å²) in [5, 5.41) is 3.97. The summed E-state index contributed by atoms with van der Waals surface area (Å²) in [6.45, 7) is 2.07. The Bertz CT molecular complexity index is 172. The molecule has 0 saturated carbocycles. The number of ether oxygens (including phenoxy) is 1. The lowest BCUT2D eigenvalue weighted by Gasteiger charge is -2.27.